The molecule has 3 rings (SSSR count). The molecule has 1 saturated heterocycles. The maximum Gasteiger partial charge on any atom is 0.245 e. The Kier molecular flexibility index (Phi) is 6.15. The Labute approximate surface area is 163 Å². The van der Waals surface area contributed by atoms with E-state index in [0.29, 0.717) is 36.3 Å². The number of ether oxygens (including phenoxy) is 3. The highest BCUT2D eigenvalue weighted by Gasteiger charge is 2.36. The molecule has 1 N–H and O–H groups in total. The predicted molar refractivity (Wildman–Crippen MR) is 100 cm³/mol. The van der Waals surface area contributed by atoms with Crippen LogP contribution in [-0.2, 0) is 16.1 Å². The van der Waals surface area contributed by atoms with Gasteiger partial charge in [0.15, 0.2) is 11.5 Å². The summed E-state index contributed by atoms with van der Waals surface area (Å²) < 4.78 is 18.0. The van der Waals surface area contributed by atoms with Crippen LogP contribution in [0.2, 0.25) is 0 Å². The Balaban J connectivity index is 1.92. The van der Waals surface area contributed by atoms with Crippen molar-refractivity contribution in [3.8, 4) is 11.5 Å². The van der Waals surface area contributed by atoms with Crippen molar-refractivity contribution < 1.29 is 24.1 Å². The standard InChI is InChI=1S/C19H26N4O5/c1-12-20-13(2)23(21-12)10-18(25)22-7-8-28-17(11-24)19(22)14-5-6-15(26-3)16(9-14)27-4/h5-6,9,17,19,24H,7-8,10-11H2,1-4H3/t17-,19-/m0/s1. The molecule has 1 aliphatic rings. The van der Waals surface area contributed by atoms with E-state index in [9.17, 15) is 9.90 Å². The van der Waals surface area contributed by atoms with E-state index in [2.05, 4.69) is 10.1 Å². The van der Waals surface area contributed by atoms with Gasteiger partial charge in [0.1, 0.15) is 24.3 Å². The van der Waals surface area contributed by atoms with Crippen LogP contribution in [0, 0.1) is 13.8 Å². The zero-order valence-electron chi connectivity index (χ0n) is 16.6. The van der Waals surface area contributed by atoms with Gasteiger partial charge in [-0.1, -0.05) is 6.07 Å². The van der Waals surface area contributed by atoms with E-state index in [0.717, 1.165) is 5.56 Å². The van der Waals surface area contributed by atoms with Gasteiger partial charge in [0.2, 0.25) is 5.91 Å². The van der Waals surface area contributed by atoms with Crippen LogP contribution in [0.4, 0.5) is 0 Å². The number of nitrogens with zero attached hydrogens (tertiary/aromatic N) is 4. The number of morpholine rings is 1. The van der Waals surface area contributed by atoms with Crippen molar-refractivity contribution in [3.63, 3.8) is 0 Å². The van der Waals surface area contributed by atoms with Crippen molar-refractivity contribution >= 4 is 5.91 Å². The summed E-state index contributed by atoms with van der Waals surface area (Å²) in [5.74, 6) is 2.33. The number of carbonyl (C=O) groups is 1. The second-order valence-electron chi connectivity index (χ2n) is 6.60. The molecule has 0 spiro atoms. The third-order valence-corrected chi connectivity index (χ3v) is 4.85. The highest BCUT2D eigenvalue weighted by molar-refractivity contribution is 5.77. The first-order valence-corrected chi connectivity index (χ1v) is 9.10. The lowest BCUT2D eigenvalue weighted by molar-refractivity contribution is -0.150. The van der Waals surface area contributed by atoms with Crippen LogP contribution >= 0.6 is 0 Å². The van der Waals surface area contributed by atoms with Gasteiger partial charge in [-0.2, -0.15) is 5.10 Å². The molecule has 1 aromatic heterocycles. The fourth-order valence-corrected chi connectivity index (χ4v) is 3.53. The fourth-order valence-electron chi connectivity index (χ4n) is 3.53. The molecule has 0 unspecified atom stereocenters. The lowest BCUT2D eigenvalue weighted by atomic mass is 9.97. The Hall–Kier alpha value is -2.65. The highest BCUT2D eigenvalue weighted by Crippen LogP contribution is 2.35. The molecule has 0 radical (unpaired) electrons. The summed E-state index contributed by atoms with van der Waals surface area (Å²) in [5.41, 5.74) is 0.802. The topological polar surface area (TPSA) is 98.9 Å². The summed E-state index contributed by atoms with van der Waals surface area (Å²) in [6.07, 6.45) is -0.533. The largest absolute Gasteiger partial charge is 0.493 e. The molecule has 152 valence electrons. The minimum absolute atomic E-state index is 0.0780. The lowest BCUT2D eigenvalue weighted by Gasteiger charge is -2.41. The lowest BCUT2D eigenvalue weighted by Crippen LogP contribution is -2.50. The second kappa shape index (κ2) is 8.57. The van der Waals surface area contributed by atoms with Gasteiger partial charge in [0, 0.05) is 6.54 Å². The number of rotatable bonds is 6. The molecular weight excluding hydrogens is 364 g/mol. The molecule has 1 amide bonds. The van der Waals surface area contributed by atoms with Crippen molar-refractivity contribution in [1.29, 1.82) is 0 Å². The van der Waals surface area contributed by atoms with Crippen molar-refractivity contribution in [3.05, 3.63) is 35.4 Å². The minimum atomic E-state index is -0.533. The normalized spacial score (nSPS) is 19.5. The number of methoxy groups -OCH3 is 2. The molecule has 9 nitrogen and oxygen atoms in total. The van der Waals surface area contributed by atoms with E-state index < -0.39 is 12.1 Å². The van der Waals surface area contributed by atoms with Crippen LogP contribution in [0.5, 0.6) is 11.5 Å². The first-order chi connectivity index (χ1) is 13.5. The summed E-state index contributed by atoms with van der Waals surface area (Å²) in [5, 5.41) is 14.1. The van der Waals surface area contributed by atoms with E-state index in [-0.39, 0.29) is 19.1 Å². The molecule has 1 aliphatic heterocycles. The summed E-state index contributed by atoms with van der Waals surface area (Å²) in [4.78, 5) is 19.1. The minimum Gasteiger partial charge on any atom is -0.493 e. The Morgan fingerprint density at radius 2 is 2.04 bits per heavy atom. The second-order valence-corrected chi connectivity index (χ2v) is 6.60. The third-order valence-electron chi connectivity index (χ3n) is 4.85. The van der Waals surface area contributed by atoms with Crippen LogP contribution < -0.4 is 9.47 Å². The predicted octanol–water partition coefficient (Wildman–Crippen LogP) is 0.873. The number of hydrogen-bond donors (Lipinski definition) is 1. The first-order valence-electron chi connectivity index (χ1n) is 9.10. The molecule has 1 aromatic carbocycles. The first kappa shape index (κ1) is 20.1. The zero-order chi connectivity index (χ0) is 20.3. The molecule has 1 fully saturated rings. The van der Waals surface area contributed by atoms with Crippen LogP contribution in [0.1, 0.15) is 23.3 Å². The SMILES string of the molecule is COc1ccc([C@H]2[C@H](CO)OCCN2C(=O)Cn2nc(C)nc2C)cc1OC. The Morgan fingerprint density at radius 1 is 1.29 bits per heavy atom. The fraction of sp³-hybridized carbons (Fsp3) is 0.526. The summed E-state index contributed by atoms with van der Waals surface area (Å²) in [6, 6.07) is 5.00. The summed E-state index contributed by atoms with van der Waals surface area (Å²) >= 11 is 0. The van der Waals surface area contributed by atoms with Gasteiger partial charge in [0.25, 0.3) is 0 Å². The summed E-state index contributed by atoms with van der Waals surface area (Å²) in [6.45, 7) is 4.25. The maximum absolute atomic E-state index is 13.1. The van der Waals surface area contributed by atoms with E-state index >= 15 is 0 Å². The average Bonchev–Trinajstić information content (AvgIpc) is 3.03. The number of aromatic nitrogens is 3. The monoisotopic (exact) mass is 390 g/mol. The van der Waals surface area contributed by atoms with Crippen molar-refractivity contribution in [2.24, 2.45) is 0 Å². The molecule has 2 aromatic rings. The number of benzene rings is 1. The summed E-state index contributed by atoms with van der Waals surface area (Å²) in [7, 11) is 3.12. The number of amides is 1. The van der Waals surface area contributed by atoms with Crippen molar-refractivity contribution in [1.82, 2.24) is 19.7 Å². The maximum atomic E-state index is 13.1. The van der Waals surface area contributed by atoms with Crippen LogP contribution in [0.3, 0.4) is 0 Å². The molecule has 2 atom stereocenters. The molecule has 0 saturated carbocycles. The Bertz CT molecular complexity index is 838. The van der Waals surface area contributed by atoms with Gasteiger partial charge in [-0.25, -0.2) is 9.67 Å². The smallest absolute Gasteiger partial charge is 0.245 e. The number of aliphatic hydroxyl groups excluding tert-OH is 1. The molecular formula is C19H26N4O5. The van der Waals surface area contributed by atoms with Gasteiger partial charge in [-0.3, -0.25) is 4.79 Å². The quantitative estimate of drug-likeness (QED) is 0.781. The Morgan fingerprint density at radius 3 is 2.64 bits per heavy atom. The number of aryl methyl sites for hydroxylation is 2. The van der Waals surface area contributed by atoms with Crippen LogP contribution in [-0.4, -0.2) is 70.8 Å². The third kappa shape index (κ3) is 3.95. The average molecular weight is 390 g/mol. The van der Waals surface area contributed by atoms with Gasteiger partial charge in [-0.05, 0) is 31.5 Å². The number of hydrogen-bond acceptors (Lipinski definition) is 7. The van der Waals surface area contributed by atoms with Crippen LogP contribution in [0.15, 0.2) is 18.2 Å². The van der Waals surface area contributed by atoms with Crippen molar-refractivity contribution in [2.45, 2.75) is 32.5 Å². The number of carbonyl (C=O) groups excluding carboxylic acids is 1. The molecule has 0 aliphatic carbocycles. The molecule has 2 heterocycles. The van der Waals surface area contributed by atoms with Gasteiger partial charge in [-0.15, -0.1) is 0 Å². The van der Waals surface area contributed by atoms with E-state index in [4.69, 9.17) is 14.2 Å². The van der Waals surface area contributed by atoms with Gasteiger partial charge < -0.3 is 24.2 Å². The van der Waals surface area contributed by atoms with E-state index in [1.807, 2.05) is 19.1 Å². The highest BCUT2D eigenvalue weighted by atomic mass is 16.5. The van der Waals surface area contributed by atoms with Crippen LogP contribution in [0.25, 0.3) is 0 Å². The van der Waals surface area contributed by atoms with Gasteiger partial charge in [0.05, 0.1) is 33.5 Å². The number of aliphatic hydroxyl groups is 1. The zero-order valence-corrected chi connectivity index (χ0v) is 16.6. The van der Waals surface area contributed by atoms with E-state index in [1.165, 1.54) is 0 Å². The molecule has 9 heteroatoms. The van der Waals surface area contributed by atoms with E-state index in [1.54, 1.807) is 36.8 Å². The molecule has 0 bridgehead atoms. The van der Waals surface area contributed by atoms with Crippen molar-refractivity contribution in [2.75, 3.05) is 34.0 Å². The molecule has 28 heavy (non-hydrogen) atoms. The van der Waals surface area contributed by atoms with Gasteiger partial charge >= 0.3 is 0 Å².